The molecule has 0 radical (unpaired) electrons. The molecule has 1 atom stereocenters. The number of carboxylic acids is 3. The minimum absolute atomic E-state index is 0. The zero-order valence-electron chi connectivity index (χ0n) is 16.2. The lowest BCUT2D eigenvalue weighted by atomic mass is 10.2. The van der Waals surface area contributed by atoms with Gasteiger partial charge in [-0.3, -0.25) is 33.9 Å². The molecular weight excluding hydrogens is 410 g/mol. The Hall–Kier alpha value is -1.99. The van der Waals surface area contributed by atoms with Gasteiger partial charge in [0.25, 0.3) is 0 Å². The number of nitrogens with zero attached hydrogens (tertiary/aromatic N) is 3. The number of nitrogens with one attached hydrogen (secondary N) is 1. The summed E-state index contributed by atoms with van der Waals surface area (Å²) in [6, 6.07) is -1.04. The summed E-state index contributed by atoms with van der Waals surface area (Å²) in [5.41, 5.74) is 5.38. The summed E-state index contributed by atoms with van der Waals surface area (Å²) < 4.78 is 0. The molecule has 0 aromatic rings. The first-order valence-corrected chi connectivity index (χ1v) is 9.03. The summed E-state index contributed by atoms with van der Waals surface area (Å²) in [5.74, 6) is -3.37. The smallest absolute Gasteiger partial charge is 0.320 e. The van der Waals surface area contributed by atoms with Crippen LogP contribution in [-0.2, 0) is 19.2 Å². The molecule has 0 aromatic heterocycles. The van der Waals surface area contributed by atoms with Crippen LogP contribution in [0.2, 0.25) is 0 Å². The SMILES string of the molecule is Cl.N[C@@H](CCNC(=O)CN1CCN(CC(=O)O)CCN(CC(=O)O)CC1)C(=O)O. The Morgan fingerprint density at radius 3 is 1.52 bits per heavy atom. The molecule has 168 valence electrons. The number of carbonyl (C=O) groups is 4. The molecule has 1 fully saturated rings. The van der Waals surface area contributed by atoms with E-state index in [-0.39, 0.29) is 50.9 Å². The number of halogens is 1. The van der Waals surface area contributed by atoms with Crippen molar-refractivity contribution < 1.29 is 34.5 Å². The van der Waals surface area contributed by atoms with E-state index in [1.807, 2.05) is 4.90 Å². The van der Waals surface area contributed by atoms with Crippen LogP contribution in [0.4, 0.5) is 0 Å². The van der Waals surface area contributed by atoms with Crippen LogP contribution >= 0.6 is 12.4 Å². The molecule has 1 aliphatic heterocycles. The van der Waals surface area contributed by atoms with Gasteiger partial charge in [-0.25, -0.2) is 0 Å². The number of carbonyl (C=O) groups excluding carboxylic acids is 1. The standard InChI is InChI=1S/C16H29N5O7.ClH/c17-12(16(27)28)1-2-18-13(22)9-19-3-5-20(10-14(23)24)7-8-21(6-4-19)11-15(25)26;/h12H,1-11,17H2,(H,18,22)(H,23,24)(H,25,26)(H,27,28);1H/t12-;/m0./s1. The zero-order chi connectivity index (χ0) is 21.1. The van der Waals surface area contributed by atoms with Crippen LogP contribution < -0.4 is 11.1 Å². The predicted octanol–water partition coefficient (Wildman–Crippen LogP) is -2.58. The van der Waals surface area contributed by atoms with Gasteiger partial charge in [0.15, 0.2) is 0 Å². The number of aliphatic carboxylic acids is 3. The molecule has 1 rings (SSSR count). The monoisotopic (exact) mass is 439 g/mol. The van der Waals surface area contributed by atoms with Gasteiger partial charge < -0.3 is 26.4 Å². The van der Waals surface area contributed by atoms with Crippen LogP contribution in [0.1, 0.15) is 6.42 Å². The number of hydrogen-bond acceptors (Lipinski definition) is 8. The minimum atomic E-state index is -1.13. The maximum absolute atomic E-state index is 12.1. The summed E-state index contributed by atoms with van der Waals surface area (Å²) in [4.78, 5) is 50.0. The van der Waals surface area contributed by atoms with E-state index in [1.54, 1.807) is 9.80 Å². The van der Waals surface area contributed by atoms with Gasteiger partial charge in [0.05, 0.1) is 19.6 Å². The molecule has 1 saturated heterocycles. The van der Waals surface area contributed by atoms with Gasteiger partial charge in [-0.2, -0.15) is 0 Å². The van der Waals surface area contributed by atoms with E-state index in [1.165, 1.54) is 0 Å². The van der Waals surface area contributed by atoms with Crippen molar-refractivity contribution in [2.24, 2.45) is 5.73 Å². The van der Waals surface area contributed by atoms with Crippen molar-refractivity contribution in [3.63, 3.8) is 0 Å². The van der Waals surface area contributed by atoms with E-state index in [0.717, 1.165) is 0 Å². The fourth-order valence-electron chi connectivity index (χ4n) is 2.79. The summed E-state index contributed by atoms with van der Waals surface area (Å²) in [6.45, 7) is 2.49. The Bertz CT molecular complexity index is 538. The van der Waals surface area contributed by atoms with E-state index < -0.39 is 23.9 Å². The van der Waals surface area contributed by atoms with Crippen LogP contribution in [0.3, 0.4) is 0 Å². The maximum Gasteiger partial charge on any atom is 0.320 e. The second-order valence-electron chi connectivity index (χ2n) is 6.70. The Morgan fingerprint density at radius 1 is 0.793 bits per heavy atom. The first-order valence-electron chi connectivity index (χ1n) is 9.03. The van der Waals surface area contributed by atoms with Crippen LogP contribution in [0.25, 0.3) is 0 Å². The van der Waals surface area contributed by atoms with Gasteiger partial charge in [0.2, 0.25) is 5.91 Å². The van der Waals surface area contributed by atoms with E-state index in [9.17, 15) is 19.2 Å². The molecule has 6 N–H and O–H groups in total. The van der Waals surface area contributed by atoms with Crippen molar-refractivity contribution in [3.8, 4) is 0 Å². The molecule has 1 heterocycles. The van der Waals surface area contributed by atoms with Crippen molar-refractivity contribution in [2.75, 3.05) is 65.4 Å². The minimum Gasteiger partial charge on any atom is -0.480 e. The average molecular weight is 440 g/mol. The van der Waals surface area contributed by atoms with Gasteiger partial charge in [-0.15, -0.1) is 12.4 Å². The second kappa shape index (κ2) is 14.1. The van der Waals surface area contributed by atoms with Gasteiger partial charge in [-0.05, 0) is 6.42 Å². The van der Waals surface area contributed by atoms with Crippen molar-refractivity contribution in [1.29, 1.82) is 0 Å². The van der Waals surface area contributed by atoms with Gasteiger partial charge in [0, 0.05) is 45.8 Å². The third-order valence-corrected chi connectivity index (χ3v) is 4.38. The normalized spacial score (nSPS) is 17.8. The quantitative estimate of drug-likeness (QED) is 0.241. The summed E-state index contributed by atoms with van der Waals surface area (Å²) >= 11 is 0. The van der Waals surface area contributed by atoms with E-state index in [4.69, 9.17) is 21.1 Å². The van der Waals surface area contributed by atoms with E-state index >= 15 is 0 Å². The van der Waals surface area contributed by atoms with Crippen LogP contribution in [0.15, 0.2) is 0 Å². The molecule has 0 bridgehead atoms. The summed E-state index contributed by atoms with van der Waals surface area (Å²) in [7, 11) is 0. The van der Waals surface area contributed by atoms with Crippen molar-refractivity contribution in [2.45, 2.75) is 12.5 Å². The molecule has 13 heteroatoms. The van der Waals surface area contributed by atoms with Crippen LogP contribution in [0.5, 0.6) is 0 Å². The fraction of sp³-hybridized carbons (Fsp3) is 0.750. The number of hydrogen-bond donors (Lipinski definition) is 5. The maximum atomic E-state index is 12.1. The summed E-state index contributed by atoms with van der Waals surface area (Å²) in [6.07, 6.45) is 0.111. The number of rotatable bonds is 10. The van der Waals surface area contributed by atoms with Crippen molar-refractivity contribution >= 4 is 36.2 Å². The second-order valence-corrected chi connectivity index (χ2v) is 6.70. The van der Waals surface area contributed by atoms with Crippen LogP contribution in [-0.4, -0.2) is 125 Å². The highest BCUT2D eigenvalue weighted by atomic mass is 35.5. The molecule has 1 aliphatic rings. The highest BCUT2D eigenvalue weighted by molar-refractivity contribution is 5.85. The molecule has 0 aliphatic carbocycles. The van der Waals surface area contributed by atoms with Crippen LogP contribution in [0, 0.1) is 0 Å². The molecule has 0 saturated carbocycles. The third kappa shape index (κ3) is 12.2. The predicted molar refractivity (Wildman–Crippen MR) is 105 cm³/mol. The fourth-order valence-corrected chi connectivity index (χ4v) is 2.79. The molecule has 12 nitrogen and oxygen atoms in total. The molecule has 1 amide bonds. The Balaban J connectivity index is 0.00000784. The molecule has 0 aromatic carbocycles. The molecule has 0 unspecified atom stereocenters. The lowest BCUT2D eigenvalue weighted by Crippen LogP contribution is -2.44. The first-order chi connectivity index (χ1) is 13.2. The number of nitrogens with two attached hydrogens (primary N) is 1. The Kier molecular flexibility index (Phi) is 13.1. The summed E-state index contributed by atoms with van der Waals surface area (Å²) in [5, 5.41) is 29.4. The molecular formula is C16H30ClN5O7. The lowest BCUT2D eigenvalue weighted by molar-refractivity contribution is -0.140. The third-order valence-electron chi connectivity index (χ3n) is 4.38. The number of amides is 1. The van der Waals surface area contributed by atoms with E-state index in [2.05, 4.69) is 5.32 Å². The largest absolute Gasteiger partial charge is 0.480 e. The zero-order valence-corrected chi connectivity index (χ0v) is 17.0. The highest BCUT2D eigenvalue weighted by Gasteiger charge is 2.20. The molecule has 29 heavy (non-hydrogen) atoms. The van der Waals surface area contributed by atoms with Crippen molar-refractivity contribution in [3.05, 3.63) is 0 Å². The topological polar surface area (TPSA) is 177 Å². The Morgan fingerprint density at radius 2 is 1.17 bits per heavy atom. The van der Waals surface area contributed by atoms with E-state index in [0.29, 0.717) is 39.3 Å². The molecule has 0 spiro atoms. The number of carboxylic acid groups (broad SMARTS) is 3. The lowest BCUT2D eigenvalue weighted by Gasteiger charge is -2.24. The van der Waals surface area contributed by atoms with Crippen molar-refractivity contribution in [1.82, 2.24) is 20.0 Å². The highest BCUT2D eigenvalue weighted by Crippen LogP contribution is 2.01. The first kappa shape index (κ1) is 27.0. The van der Waals surface area contributed by atoms with Gasteiger partial charge >= 0.3 is 17.9 Å². The van der Waals surface area contributed by atoms with Gasteiger partial charge in [0.1, 0.15) is 6.04 Å². The average Bonchev–Trinajstić information content (AvgIpc) is 2.67. The van der Waals surface area contributed by atoms with Gasteiger partial charge in [-0.1, -0.05) is 0 Å². The Labute approximate surface area is 175 Å².